The predicted octanol–water partition coefficient (Wildman–Crippen LogP) is 2.30. The fourth-order valence-corrected chi connectivity index (χ4v) is 1.12. The number of hydrogen-bond acceptors (Lipinski definition) is 2. The topological polar surface area (TPSA) is 50.2 Å². The van der Waals surface area contributed by atoms with Crippen LogP contribution in [0.15, 0.2) is 12.3 Å². The van der Waals surface area contributed by atoms with Crippen LogP contribution in [0.2, 0.25) is 5.15 Å². The smallest absolute Gasteiger partial charge is 0.307 e. The van der Waals surface area contributed by atoms with Crippen LogP contribution in [-0.4, -0.2) is 16.1 Å². The number of hydrogen-bond donors (Lipinski definition) is 1. The number of carboxylic acid groups (broad SMARTS) is 1. The number of rotatable bonds is 3. The van der Waals surface area contributed by atoms with Crippen LogP contribution in [0.25, 0.3) is 0 Å². The van der Waals surface area contributed by atoms with Crippen LogP contribution in [0.4, 0.5) is 8.78 Å². The summed E-state index contributed by atoms with van der Waals surface area (Å²) < 4.78 is 24.5. The van der Waals surface area contributed by atoms with E-state index >= 15 is 0 Å². The van der Waals surface area contributed by atoms with Crippen LogP contribution in [0.3, 0.4) is 0 Å². The third kappa shape index (κ3) is 2.63. The zero-order valence-electron chi connectivity index (χ0n) is 6.88. The minimum atomic E-state index is -2.75. The average molecular weight is 222 g/mol. The zero-order chi connectivity index (χ0) is 10.7. The van der Waals surface area contributed by atoms with Crippen molar-refractivity contribution in [2.24, 2.45) is 0 Å². The van der Waals surface area contributed by atoms with Crippen LogP contribution in [0.1, 0.15) is 17.6 Å². The van der Waals surface area contributed by atoms with Crippen LogP contribution in [0.5, 0.6) is 0 Å². The molecule has 0 radical (unpaired) electrons. The van der Waals surface area contributed by atoms with Gasteiger partial charge < -0.3 is 5.11 Å². The van der Waals surface area contributed by atoms with Crippen molar-refractivity contribution in [1.29, 1.82) is 0 Å². The van der Waals surface area contributed by atoms with E-state index in [4.69, 9.17) is 16.7 Å². The second kappa shape index (κ2) is 4.32. The van der Waals surface area contributed by atoms with Gasteiger partial charge in [-0.1, -0.05) is 11.6 Å². The van der Waals surface area contributed by atoms with Crippen LogP contribution in [0, 0.1) is 0 Å². The quantitative estimate of drug-likeness (QED) is 0.797. The molecule has 14 heavy (non-hydrogen) atoms. The fourth-order valence-electron chi connectivity index (χ4n) is 0.935. The Morgan fingerprint density at radius 3 is 2.79 bits per heavy atom. The lowest BCUT2D eigenvalue weighted by atomic mass is 10.1. The van der Waals surface area contributed by atoms with Crippen molar-refractivity contribution < 1.29 is 18.7 Å². The summed E-state index contributed by atoms with van der Waals surface area (Å²) in [7, 11) is 0. The van der Waals surface area contributed by atoms with E-state index in [2.05, 4.69) is 4.98 Å². The summed E-state index contributed by atoms with van der Waals surface area (Å²) in [5.74, 6) is -1.10. The molecule has 76 valence electrons. The molecule has 1 rings (SSSR count). The molecule has 1 N–H and O–H groups in total. The number of aromatic nitrogens is 1. The number of pyridine rings is 1. The van der Waals surface area contributed by atoms with E-state index in [0.717, 1.165) is 6.07 Å². The van der Waals surface area contributed by atoms with Gasteiger partial charge >= 0.3 is 5.97 Å². The molecular weight excluding hydrogens is 216 g/mol. The highest BCUT2D eigenvalue weighted by molar-refractivity contribution is 6.30. The predicted molar refractivity (Wildman–Crippen MR) is 45.5 cm³/mol. The van der Waals surface area contributed by atoms with E-state index in [9.17, 15) is 13.6 Å². The molecule has 1 aromatic rings. The first-order valence-corrected chi connectivity index (χ1v) is 4.02. The van der Waals surface area contributed by atoms with Gasteiger partial charge in [0.25, 0.3) is 6.43 Å². The lowest BCUT2D eigenvalue weighted by Crippen LogP contribution is -2.02. The molecule has 1 heterocycles. The molecule has 0 atom stereocenters. The number of alkyl halides is 2. The Kier molecular flexibility index (Phi) is 3.35. The van der Waals surface area contributed by atoms with E-state index < -0.39 is 18.0 Å². The van der Waals surface area contributed by atoms with Crippen molar-refractivity contribution in [3.8, 4) is 0 Å². The van der Waals surface area contributed by atoms with Gasteiger partial charge in [-0.05, 0) is 11.6 Å². The summed E-state index contributed by atoms with van der Waals surface area (Å²) in [5.41, 5.74) is -0.234. The van der Waals surface area contributed by atoms with Gasteiger partial charge in [-0.15, -0.1) is 0 Å². The van der Waals surface area contributed by atoms with Crippen LogP contribution >= 0.6 is 11.6 Å². The Bertz CT molecular complexity index is 357. The molecule has 0 saturated heterocycles. The molecule has 0 unspecified atom stereocenters. The standard InChI is InChI=1S/C8H6ClF2NO2/c9-7-5(8(10)11)1-4(3-12-7)2-6(13)14/h1,3,8H,2H2,(H,13,14). The second-order valence-electron chi connectivity index (χ2n) is 2.59. The highest BCUT2D eigenvalue weighted by atomic mass is 35.5. The van der Waals surface area contributed by atoms with Crippen molar-refractivity contribution in [1.82, 2.24) is 4.98 Å². The first-order valence-electron chi connectivity index (χ1n) is 3.65. The Morgan fingerprint density at radius 1 is 1.64 bits per heavy atom. The van der Waals surface area contributed by atoms with Gasteiger partial charge in [0, 0.05) is 6.20 Å². The first kappa shape index (κ1) is 10.8. The van der Waals surface area contributed by atoms with Crippen molar-refractivity contribution >= 4 is 17.6 Å². The minimum absolute atomic E-state index is 0.206. The molecule has 3 nitrogen and oxygen atoms in total. The molecule has 0 aliphatic heterocycles. The van der Waals surface area contributed by atoms with Crippen molar-refractivity contribution in [2.75, 3.05) is 0 Å². The molecule has 0 aliphatic carbocycles. The van der Waals surface area contributed by atoms with Gasteiger partial charge in [0.15, 0.2) is 0 Å². The first-order chi connectivity index (χ1) is 6.50. The largest absolute Gasteiger partial charge is 0.481 e. The monoisotopic (exact) mass is 221 g/mol. The number of carboxylic acids is 1. The van der Waals surface area contributed by atoms with Crippen molar-refractivity contribution in [2.45, 2.75) is 12.8 Å². The lowest BCUT2D eigenvalue weighted by Gasteiger charge is -2.03. The van der Waals surface area contributed by atoms with Crippen LogP contribution < -0.4 is 0 Å². The molecule has 0 aromatic carbocycles. The van der Waals surface area contributed by atoms with E-state index in [-0.39, 0.29) is 17.1 Å². The Balaban J connectivity index is 3.00. The molecule has 0 aliphatic rings. The van der Waals surface area contributed by atoms with Crippen molar-refractivity contribution in [3.63, 3.8) is 0 Å². The average Bonchev–Trinajstić information content (AvgIpc) is 2.07. The van der Waals surface area contributed by atoms with Crippen molar-refractivity contribution in [3.05, 3.63) is 28.5 Å². The van der Waals surface area contributed by atoms with E-state index in [1.807, 2.05) is 0 Å². The molecule has 0 fully saturated rings. The molecule has 6 heteroatoms. The molecule has 0 spiro atoms. The van der Waals surface area contributed by atoms with Gasteiger partial charge in [-0.25, -0.2) is 13.8 Å². The van der Waals surface area contributed by atoms with Gasteiger partial charge in [0.05, 0.1) is 12.0 Å². The SMILES string of the molecule is O=C(O)Cc1cnc(Cl)c(C(F)F)c1. The van der Waals surface area contributed by atoms with Gasteiger partial charge in [-0.3, -0.25) is 4.79 Å². The Labute approximate surface area is 83.3 Å². The molecule has 0 amide bonds. The fraction of sp³-hybridized carbons (Fsp3) is 0.250. The van der Waals surface area contributed by atoms with Gasteiger partial charge in [0.2, 0.25) is 0 Å². The van der Waals surface area contributed by atoms with E-state index in [1.54, 1.807) is 0 Å². The normalized spacial score (nSPS) is 10.6. The molecule has 1 aromatic heterocycles. The maximum atomic E-state index is 12.3. The number of nitrogens with zero attached hydrogens (tertiary/aromatic N) is 1. The molecule has 0 bridgehead atoms. The molecular formula is C8H6ClF2NO2. The number of carbonyl (C=O) groups is 1. The zero-order valence-corrected chi connectivity index (χ0v) is 7.63. The van der Waals surface area contributed by atoms with Crippen LogP contribution in [-0.2, 0) is 11.2 Å². The number of halogens is 3. The summed E-state index contributed by atoms with van der Waals surface area (Å²) in [5, 5.41) is 8.12. The summed E-state index contributed by atoms with van der Waals surface area (Å²) in [4.78, 5) is 13.8. The Morgan fingerprint density at radius 2 is 2.29 bits per heavy atom. The third-order valence-electron chi connectivity index (χ3n) is 1.51. The summed E-state index contributed by atoms with van der Waals surface area (Å²) in [6, 6.07) is 1.05. The third-order valence-corrected chi connectivity index (χ3v) is 1.83. The van der Waals surface area contributed by atoms with Gasteiger partial charge in [-0.2, -0.15) is 0 Å². The maximum Gasteiger partial charge on any atom is 0.307 e. The van der Waals surface area contributed by atoms with Gasteiger partial charge in [0.1, 0.15) is 5.15 Å². The number of aliphatic carboxylic acids is 1. The lowest BCUT2D eigenvalue weighted by molar-refractivity contribution is -0.136. The molecule has 0 saturated carbocycles. The highest BCUT2D eigenvalue weighted by Gasteiger charge is 2.14. The van der Waals surface area contributed by atoms with E-state index in [0.29, 0.717) is 0 Å². The summed E-state index contributed by atoms with van der Waals surface area (Å²) in [6.07, 6.45) is -1.92. The van der Waals surface area contributed by atoms with E-state index in [1.165, 1.54) is 6.20 Å². The summed E-state index contributed by atoms with van der Waals surface area (Å²) in [6.45, 7) is 0. The minimum Gasteiger partial charge on any atom is -0.481 e. The summed E-state index contributed by atoms with van der Waals surface area (Å²) >= 11 is 5.39. The Hall–Kier alpha value is -1.23. The highest BCUT2D eigenvalue weighted by Crippen LogP contribution is 2.25. The maximum absolute atomic E-state index is 12.3. The second-order valence-corrected chi connectivity index (χ2v) is 2.95.